The predicted molar refractivity (Wildman–Crippen MR) is 134 cm³/mol. The van der Waals surface area contributed by atoms with E-state index in [1.807, 2.05) is 54.6 Å². The summed E-state index contributed by atoms with van der Waals surface area (Å²) in [6.07, 6.45) is 0. The highest BCUT2D eigenvalue weighted by molar-refractivity contribution is 7.21. The minimum Gasteiger partial charge on any atom is -0.493 e. The van der Waals surface area contributed by atoms with Gasteiger partial charge in [-0.15, -0.1) is 11.3 Å². The van der Waals surface area contributed by atoms with Crippen molar-refractivity contribution in [2.24, 2.45) is 0 Å². The summed E-state index contributed by atoms with van der Waals surface area (Å²) in [5.41, 5.74) is 3.89. The van der Waals surface area contributed by atoms with Gasteiger partial charge in [0.1, 0.15) is 17.4 Å². The van der Waals surface area contributed by atoms with Gasteiger partial charge in [-0.2, -0.15) is 0 Å². The molecule has 170 valence electrons. The Balaban J connectivity index is 1.22. The van der Waals surface area contributed by atoms with Crippen molar-refractivity contribution in [2.75, 3.05) is 12.4 Å². The minimum absolute atomic E-state index is 0.185. The monoisotopic (exact) mass is 470 g/mol. The van der Waals surface area contributed by atoms with Crippen LogP contribution in [0.4, 0.5) is 5.69 Å². The van der Waals surface area contributed by atoms with Crippen LogP contribution in [0.5, 0.6) is 11.5 Å². The molecule has 0 fully saturated rings. The van der Waals surface area contributed by atoms with Crippen molar-refractivity contribution in [3.63, 3.8) is 0 Å². The zero-order valence-electron chi connectivity index (χ0n) is 18.7. The van der Waals surface area contributed by atoms with Crippen LogP contribution in [-0.4, -0.2) is 18.0 Å². The molecule has 0 radical (unpaired) electrons. The maximum atomic E-state index is 12.6. The number of methoxy groups -OCH3 is 1. The Morgan fingerprint density at radius 2 is 1.79 bits per heavy atom. The summed E-state index contributed by atoms with van der Waals surface area (Å²) in [5, 5.41) is 3.81. The number of aryl methyl sites for hydroxylation is 1. The number of furan rings is 1. The molecule has 3 aromatic carbocycles. The Morgan fingerprint density at radius 1 is 1.00 bits per heavy atom. The summed E-state index contributed by atoms with van der Waals surface area (Å²) in [5.74, 6) is 1.67. The number of benzene rings is 3. The molecule has 0 saturated heterocycles. The zero-order valence-corrected chi connectivity index (χ0v) is 19.5. The summed E-state index contributed by atoms with van der Waals surface area (Å²) in [7, 11) is 1.59. The zero-order chi connectivity index (χ0) is 23.5. The molecule has 2 heterocycles. The van der Waals surface area contributed by atoms with E-state index in [2.05, 4.69) is 24.4 Å². The minimum atomic E-state index is -0.327. The molecule has 1 amide bonds. The number of thiazole rings is 1. The number of hydrogen-bond donors (Lipinski definition) is 1. The molecule has 6 nitrogen and oxygen atoms in total. The van der Waals surface area contributed by atoms with Gasteiger partial charge in [-0.1, -0.05) is 18.2 Å². The number of hydrogen-bond acceptors (Lipinski definition) is 6. The van der Waals surface area contributed by atoms with Crippen molar-refractivity contribution >= 4 is 33.1 Å². The van der Waals surface area contributed by atoms with Crippen LogP contribution in [0.2, 0.25) is 0 Å². The van der Waals surface area contributed by atoms with E-state index in [0.717, 1.165) is 20.8 Å². The molecule has 0 spiro atoms. The highest BCUT2D eigenvalue weighted by Crippen LogP contribution is 2.31. The normalized spacial score (nSPS) is 10.9. The lowest BCUT2D eigenvalue weighted by atomic mass is 10.2. The SMILES string of the molecule is COc1ccccc1OCc1ccc(C(=O)Nc2ccc(-c3nc4ccc(C)cc4s3)cc2)o1. The lowest BCUT2D eigenvalue weighted by molar-refractivity contribution is 0.0992. The number of anilines is 1. The van der Waals surface area contributed by atoms with Crippen LogP contribution in [0.3, 0.4) is 0 Å². The Labute approximate surface area is 200 Å². The highest BCUT2D eigenvalue weighted by Gasteiger charge is 2.13. The van der Waals surface area contributed by atoms with Gasteiger partial charge in [-0.05, 0) is 73.2 Å². The number of carbonyl (C=O) groups excluding carboxylic acids is 1. The standard InChI is InChI=1S/C27H22N2O4S/c1-17-7-13-21-25(15-17)34-27(29-21)18-8-10-19(11-9-18)28-26(30)24-14-12-20(33-24)16-32-23-6-4-3-5-22(23)31-2/h3-15H,16H2,1-2H3,(H,28,30). The van der Waals surface area contributed by atoms with Crippen molar-refractivity contribution in [1.29, 1.82) is 0 Å². The fourth-order valence-electron chi connectivity index (χ4n) is 3.51. The van der Waals surface area contributed by atoms with Crippen molar-refractivity contribution in [1.82, 2.24) is 4.98 Å². The molecule has 0 unspecified atom stereocenters. The second kappa shape index (κ2) is 9.41. The molecule has 7 heteroatoms. The van der Waals surface area contributed by atoms with Crippen molar-refractivity contribution in [3.8, 4) is 22.1 Å². The van der Waals surface area contributed by atoms with E-state index in [0.29, 0.717) is 22.9 Å². The quantitative estimate of drug-likeness (QED) is 0.286. The van der Waals surface area contributed by atoms with Crippen LogP contribution in [0.25, 0.3) is 20.8 Å². The Morgan fingerprint density at radius 3 is 2.59 bits per heavy atom. The average molecular weight is 471 g/mol. The van der Waals surface area contributed by atoms with Gasteiger partial charge in [0.05, 0.1) is 17.3 Å². The second-order valence-corrected chi connectivity index (χ2v) is 8.76. The van der Waals surface area contributed by atoms with E-state index in [1.54, 1.807) is 30.6 Å². The number of para-hydroxylation sites is 2. The van der Waals surface area contributed by atoms with E-state index in [9.17, 15) is 4.79 Å². The van der Waals surface area contributed by atoms with E-state index >= 15 is 0 Å². The molecule has 0 aliphatic carbocycles. The first-order valence-corrected chi connectivity index (χ1v) is 11.5. The summed E-state index contributed by atoms with van der Waals surface area (Å²) in [6, 6.07) is 24.6. The molecule has 0 atom stereocenters. The number of carbonyl (C=O) groups is 1. The molecule has 2 aromatic heterocycles. The maximum Gasteiger partial charge on any atom is 0.291 e. The lowest BCUT2D eigenvalue weighted by Crippen LogP contribution is -2.10. The van der Waals surface area contributed by atoms with Crippen LogP contribution in [-0.2, 0) is 6.61 Å². The van der Waals surface area contributed by atoms with Gasteiger partial charge in [0.25, 0.3) is 5.91 Å². The molecule has 0 saturated carbocycles. The van der Waals surface area contributed by atoms with E-state index in [1.165, 1.54) is 5.56 Å². The molecule has 0 aliphatic heterocycles. The van der Waals surface area contributed by atoms with Crippen LogP contribution in [0, 0.1) is 6.92 Å². The highest BCUT2D eigenvalue weighted by atomic mass is 32.1. The number of ether oxygens (including phenoxy) is 2. The number of amides is 1. The number of nitrogens with one attached hydrogen (secondary N) is 1. The van der Waals surface area contributed by atoms with Gasteiger partial charge < -0.3 is 19.2 Å². The first-order valence-electron chi connectivity index (χ1n) is 10.7. The largest absolute Gasteiger partial charge is 0.493 e. The van der Waals surface area contributed by atoms with E-state index in [-0.39, 0.29) is 18.3 Å². The average Bonchev–Trinajstić information content (AvgIpc) is 3.50. The molecule has 5 rings (SSSR count). The number of aromatic nitrogens is 1. The Hall–Kier alpha value is -4.10. The van der Waals surface area contributed by atoms with Crippen LogP contribution in [0.15, 0.2) is 83.3 Å². The molecular formula is C27H22N2O4S. The van der Waals surface area contributed by atoms with Crippen molar-refractivity contribution < 1.29 is 18.7 Å². The van der Waals surface area contributed by atoms with Gasteiger partial charge in [-0.25, -0.2) is 4.98 Å². The van der Waals surface area contributed by atoms with Crippen LogP contribution in [0.1, 0.15) is 21.9 Å². The topological polar surface area (TPSA) is 73.6 Å². The maximum absolute atomic E-state index is 12.6. The number of rotatable bonds is 7. The number of fused-ring (bicyclic) bond motifs is 1. The fraction of sp³-hybridized carbons (Fsp3) is 0.111. The summed E-state index contributed by atoms with van der Waals surface area (Å²) >= 11 is 1.66. The molecule has 34 heavy (non-hydrogen) atoms. The third kappa shape index (κ3) is 4.65. The van der Waals surface area contributed by atoms with Crippen LogP contribution < -0.4 is 14.8 Å². The second-order valence-electron chi connectivity index (χ2n) is 7.73. The van der Waals surface area contributed by atoms with E-state index < -0.39 is 0 Å². The van der Waals surface area contributed by atoms with Crippen molar-refractivity contribution in [3.05, 3.63) is 95.9 Å². The molecule has 5 aromatic rings. The third-order valence-corrected chi connectivity index (χ3v) is 6.33. The van der Waals surface area contributed by atoms with Crippen molar-refractivity contribution in [2.45, 2.75) is 13.5 Å². The number of nitrogens with zero attached hydrogens (tertiary/aromatic N) is 1. The van der Waals surface area contributed by atoms with Crippen LogP contribution >= 0.6 is 11.3 Å². The summed E-state index contributed by atoms with van der Waals surface area (Å²) < 4.78 is 17.9. The molecule has 0 bridgehead atoms. The van der Waals surface area contributed by atoms with Gasteiger partial charge in [0.15, 0.2) is 17.3 Å². The molecule has 1 N–H and O–H groups in total. The fourth-order valence-corrected chi connectivity index (χ4v) is 4.58. The summed E-state index contributed by atoms with van der Waals surface area (Å²) in [4.78, 5) is 17.3. The molecule has 0 aliphatic rings. The third-order valence-electron chi connectivity index (χ3n) is 5.26. The Bertz CT molecular complexity index is 1450. The summed E-state index contributed by atoms with van der Waals surface area (Å²) in [6.45, 7) is 2.26. The Kier molecular flexibility index (Phi) is 6.01. The lowest BCUT2D eigenvalue weighted by Gasteiger charge is -2.08. The smallest absolute Gasteiger partial charge is 0.291 e. The first kappa shape index (κ1) is 21.7. The predicted octanol–water partition coefficient (Wildman–Crippen LogP) is 6.70. The van der Waals surface area contributed by atoms with Gasteiger partial charge in [-0.3, -0.25) is 4.79 Å². The van der Waals surface area contributed by atoms with Gasteiger partial charge >= 0.3 is 0 Å². The molecular weight excluding hydrogens is 448 g/mol. The van der Waals surface area contributed by atoms with E-state index in [4.69, 9.17) is 18.9 Å². The van der Waals surface area contributed by atoms with Gasteiger partial charge in [0, 0.05) is 11.3 Å². The first-order chi connectivity index (χ1) is 16.6. The van der Waals surface area contributed by atoms with Gasteiger partial charge in [0.2, 0.25) is 0 Å².